The summed E-state index contributed by atoms with van der Waals surface area (Å²) in [5, 5.41) is 0.370. The molecule has 0 N–H and O–H groups in total. The zero-order valence-corrected chi connectivity index (χ0v) is 18.0. The molecule has 0 bridgehead atoms. The zero-order valence-electron chi connectivity index (χ0n) is 16.4. The van der Waals surface area contributed by atoms with Crippen molar-refractivity contribution in [2.45, 2.75) is 6.42 Å². The maximum absolute atomic E-state index is 14.2. The van der Waals surface area contributed by atoms with E-state index >= 15 is 0 Å². The van der Waals surface area contributed by atoms with Crippen LogP contribution in [0, 0.1) is 11.6 Å². The Hall–Kier alpha value is -2.49. The van der Waals surface area contributed by atoms with Gasteiger partial charge in [-0.3, -0.25) is 9.69 Å². The average Bonchev–Trinajstić information content (AvgIpc) is 3.28. The van der Waals surface area contributed by atoms with E-state index < -0.39 is 23.1 Å². The minimum Gasteiger partial charge on any atom is -0.454 e. The van der Waals surface area contributed by atoms with Gasteiger partial charge in [0, 0.05) is 18.7 Å². The van der Waals surface area contributed by atoms with Crippen LogP contribution in [0.3, 0.4) is 0 Å². The van der Waals surface area contributed by atoms with Crippen LogP contribution in [0.1, 0.15) is 16.8 Å². The smallest absolute Gasteiger partial charge is 0.266 e. The average molecular weight is 456 g/mol. The lowest BCUT2D eigenvalue weighted by Crippen LogP contribution is -2.34. The molecule has 0 saturated carbocycles. The van der Waals surface area contributed by atoms with Gasteiger partial charge in [0.15, 0.2) is 16.6 Å². The molecule has 0 spiro atoms. The van der Waals surface area contributed by atoms with Gasteiger partial charge in [0.25, 0.3) is 5.91 Å². The molecule has 0 fully saturated rings. The standard InChI is InChI=1S/C20H19F2N3O3S.ClH/c1-24(2)7-4-8-25(19(26)18-12(21)5-3-6-13(18)22)20-23-14-9-15-16(28-11-27-15)10-17(14)29-20;/h3,5-6,9-10H,4,7-8,11H2,1-2H3;1H. The van der Waals surface area contributed by atoms with Crippen LogP contribution >= 0.6 is 23.7 Å². The van der Waals surface area contributed by atoms with E-state index in [4.69, 9.17) is 9.47 Å². The van der Waals surface area contributed by atoms with Gasteiger partial charge >= 0.3 is 0 Å². The summed E-state index contributed by atoms with van der Waals surface area (Å²) in [5.74, 6) is -1.35. The van der Waals surface area contributed by atoms with Crippen LogP contribution in [0.5, 0.6) is 11.5 Å². The number of benzene rings is 2. The van der Waals surface area contributed by atoms with E-state index in [0.29, 0.717) is 35.1 Å². The van der Waals surface area contributed by atoms with Crippen molar-refractivity contribution in [2.24, 2.45) is 0 Å². The van der Waals surface area contributed by atoms with Gasteiger partial charge in [-0.2, -0.15) is 0 Å². The summed E-state index contributed by atoms with van der Waals surface area (Å²) in [5.41, 5.74) is 0.0550. The van der Waals surface area contributed by atoms with E-state index in [1.54, 1.807) is 12.1 Å². The molecular formula is C20H20ClF2N3O3S. The van der Waals surface area contributed by atoms with Crippen molar-refractivity contribution >= 4 is 45.0 Å². The van der Waals surface area contributed by atoms with Crippen molar-refractivity contribution < 1.29 is 23.0 Å². The number of nitrogens with zero attached hydrogens (tertiary/aromatic N) is 3. The normalized spacial score (nSPS) is 12.3. The molecule has 30 heavy (non-hydrogen) atoms. The number of anilines is 1. The number of carbonyl (C=O) groups excluding carboxylic acids is 1. The summed E-state index contributed by atoms with van der Waals surface area (Å²) in [6.07, 6.45) is 0.619. The second kappa shape index (κ2) is 9.11. The van der Waals surface area contributed by atoms with Crippen molar-refractivity contribution in [3.05, 3.63) is 47.5 Å². The lowest BCUT2D eigenvalue weighted by Gasteiger charge is -2.21. The molecular weight excluding hydrogens is 436 g/mol. The number of rotatable bonds is 6. The van der Waals surface area contributed by atoms with Crippen molar-refractivity contribution in [1.29, 1.82) is 0 Å². The monoisotopic (exact) mass is 455 g/mol. The largest absolute Gasteiger partial charge is 0.454 e. The minimum absolute atomic E-state index is 0. The van der Waals surface area contributed by atoms with Gasteiger partial charge in [-0.05, 0) is 39.2 Å². The first-order chi connectivity index (χ1) is 13.9. The molecule has 0 atom stereocenters. The maximum Gasteiger partial charge on any atom is 0.266 e. The summed E-state index contributed by atoms with van der Waals surface area (Å²) in [7, 11) is 3.84. The lowest BCUT2D eigenvalue weighted by molar-refractivity contribution is 0.0978. The Morgan fingerprint density at radius 3 is 2.47 bits per heavy atom. The highest BCUT2D eigenvalue weighted by atomic mass is 35.5. The van der Waals surface area contributed by atoms with E-state index in [0.717, 1.165) is 16.8 Å². The highest BCUT2D eigenvalue weighted by Gasteiger charge is 2.27. The minimum atomic E-state index is -0.894. The molecule has 0 radical (unpaired) electrons. The molecule has 160 valence electrons. The molecule has 4 rings (SSSR count). The maximum atomic E-state index is 14.2. The van der Waals surface area contributed by atoms with E-state index in [-0.39, 0.29) is 25.7 Å². The first kappa shape index (κ1) is 22.2. The molecule has 1 aliphatic rings. The quantitative estimate of drug-likeness (QED) is 0.554. The summed E-state index contributed by atoms with van der Waals surface area (Å²) in [6, 6.07) is 6.92. The number of aromatic nitrogens is 1. The van der Waals surface area contributed by atoms with Crippen LogP contribution in [-0.4, -0.2) is 49.8 Å². The molecule has 0 saturated heterocycles. The molecule has 1 aromatic heterocycles. The molecule has 1 aliphatic heterocycles. The van der Waals surface area contributed by atoms with Crippen LogP contribution in [0.25, 0.3) is 10.2 Å². The van der Waals surface area contributed by atoms with Gasteiger partial charge in [-0.1, -0.05) is 17.4 Å². The Morgan fingerprint density at radius 1 is 1.13 bits per heavy atom. The zero-order chi connectivity index (χ0) is 20.5. The Labute approximate surface area is 182 Å². The van der Waals surface area contributed by atoms with Crippen LogP contribution < -0.4 is 14.4 Å². The Balaban J connectivity index is 0.00000256. The highest BCUT2D eigenvalue weighted by Crippen LogP contribution is 2.40. The fourth-order valence-electron chi connectivity index (χ4n) is 3.09. The third-order valence-electron chi connectivity index (χ3n) is 4.51. The van der Waals surface area contributed by atoms with Crippen molar-refractivity contribution in [1.82, 2.24) is 9.88 Å². The van der Waals surface area contributed by atoms with Crippen molar-refractivity contribution in [3.63, 3.8) is 0 Å². The number of hydrogen-bond acceptors (Lipinski definition) is 6. The Bertz CT molecular complexity index is 1020. The predicted octanol–water partition coefficient (Wildman–Crippen LogP) is 4.32. The van der Waals surface area contributed by atoms with Crippen molar-refractivity contribution in [3.8, 4) is 11.5 Å². The molecule has 0 unspecified atom stereocenters. The first-order valence-electron chi connectivity index (χ1n) is 9.05. The number of hydrogen-bond donors (Lipinski definition) is 0. The van der Waals surface area contributed by atoms with Gasteiger partial charge in [0.05, 0.1) is 10.2 Å². The fourth-order valence-corrected chi connectivity index (χ4v) is 4.09. The van der Waals surface area contributed by atoms with E-state index in [1.807, 2.05) is 19.0 Å². The van der Waals surface area contributed by atoms with Gasteiger partial charge in [-0.25, -0.2) is 13.8 Å². The first-order valence-corrected chi connectivity index (χ1v) is 9.86. The molecule has 3 aromatic rings. The molecule has 0 aliphatic carbocycles. The van der Waals surface area contributed by atoms with E-state index in [2.05, 4.69) is 4.98 Å². The summed E-state index contributed by atoms with van der Waals surface area (Å²) in [6.45, 7) is 1.14. The van der Waals surface area contributed by atoms with Crippen LogP contribution in [-0.2, 0) is 0 Å². The van der Waals surface area contributed by atoms with E-state index in [9.17, 15) is 13.6 Å². The second-order valence-corrected chi connectivity index (χ2v) is 7.89. The van der Waals surface area contributed by atoms with Crippen LogP contribution in [0.4, 0.5) is 13.9 Å². The van der Waals surface area contributed by atoms with Gasteiger partial charge in [-0.15, -0.1) is 12.4 Å². The SMILES string of the molecule is CN(C)CCCN(C(=O)c1c(F)cccc1F)c1nc2cc3c(cc2s1)OCO3.Cl. The molecule has 6 nitrogen and oxygen atoms in total. The molecule has 2 heterocycles. The van der Waals surface area contributed by atoms with Crippen LogP contribution in [0.15, 0.2) is 30.3 Å². The number of carbonyl (C=O) groups is 1. The highest BCUT2D eigenvalue weighted by molar-refractivity contribution is 7.22. The molecule has 1 amide bonds. The van der Waals surface area contributed by atoms with E-state index in [1.165, 1.54) is 22.3 Å². The lowest BCUT2D eigenvalue weighted by atomic mass is 10.1. The number of thiazole rings is 1. The fraction of sp³-hybridized carbons (Fsp3) is 0.300. The van der Waals surface area contributed by atoms with Crippen molar-refractivity contribution in [2.75, 3.05) is 38.9 Å². The summed E-state index contributed by atoms with van der Waals surface area (Å²) in [4.78, 5) is 20.9. The van der Waals surface area contributed by atoms with Gasteiger partial charge in [0.2, 0.25) is 6.79 Å². The second-order valence-electron chi connectivity index (χ2n) is 6.88. The predicted molar refractivity (Wildman–Crippen MR) is 114 cm³/mol. The van der Waals surface area contributed by atoms with Crippen LogP contribution in [0.2, 0.25) is 0 Å². The van der Waals surface area contributed by atoms with Gasteiger partial charge in [0.1, 0.15) is 17.2 Å². The number of halogens is 3. The Kier molecular flexibility index (Phi) is 6.74. The summed E-state index contributed by atoms with van der Waals surface area (Å²) >= 11 is 1.26. The Morgan fingerprint density at radius 2 is 1.80 bits per heavy atom. The topological polar surface area (TPSA) is 54.9 Å². The third kappa shape index (κ3) is 4.33. The summed E-state index contributed by atoms with van der Waals surface area (Å²) < 4.78 is 40.0. The number of fused-ring (bicyclic) bond motifs is 2. The molecule has 10 heteroatoms. The number of ether oxygens (including phenoxy) is 2. The van der Waals surface area contributed by atoms with Gasteiger partial charge < -0.3 is 14.4 Å². The molecule has 2 aromatic carbocycles. The third-order valence-corrected chi connectivity index (χ3v) is 5.55. The number of amides is 1.